The largest absolute Gasteiger partial charge is 0.489 e. The molecule has 0 unspecified atom stereocenters. The zero-order valence-corrected chi connectivity index (χ0v) is 11.2. The number of nitrogens with one attached hydrogen (secondary N) is 1. The first-order chi connectivity index (χ1) is 10.4. The van der Waals surface area contributed by atoms with E-state index in [1.165, 1.54) is 30.3 Å². The maximum absolute atomic E-state index is 12.9. The summed E-state index contributed by atoms with van der Waals surface area (Å²) in [6, 6.07) is 8.63. The van der Waals surface area contributed by atoms with Crippen molar-refractivity contribution in [3.05, 3.63) is 59.4 Å². The summed E-state index contributed by atoms with van der Waals surface area (Å²) in [5.41, 5.74) is -0.738. The molecule has 0 aliphatic heterocycles. The number of hydrogen-bond donors (Lipinski definition) is 1. The smallest absolute Gasteiger partial charge is 0.418 e. The minimum atomic E-state index is -4.62. The lowest BCUT2D eigenvalue weighted by Gasteiger charge is -2.14. The number of ether oxygens (including phenoxy) is 1. The second-order valence-corrected chi connectivity index (χ2v) is 4.38. The Hall–Kier alpha value is -2.57. The summed E-state index contributed by atoms with van der Waals surface area (Å²) >= 11 is 0. The maximum Gasteiger partial charge on any atom is 0.418 e. The predicted molar refractivity (Wildman–Crippen MR) is 71.9 cm³/mol. The molecule has 0 fully saturated rings. The summed E-state index contributed by atoms with van der Waals surface area (Å²) in [5, 5.41) is 1.99. The van der Waals surface area contributed by atoms with Crippen molar-refractivity contribution in [3.63, 3.8) is 0 Å². The van der Waals surface area contributed by atoms with Crippen LogP contribution in [-0.2, 0) is 17.6 Å². The van der Waals surface area contributed by atoms with Gasteiger partial charge in [-0.2, -0.15) is 13.2 Å². The number of benzene rings is 2. The molecule has 0 heterocycles. The van der Waals surface area contributed by atoms with E-state index >= 15 is 0 Å². The minimum absolute atomic E-state index is 0.00195. The predicted octanol–water partition coefficient (Wildman–Crippen LogP) is 3.99. The number of rotatable bonds is 5. The van der Waals surface area contributed by atoms with Gasteiger partial charge in [0.15, 0.2) is 0 Å². The number of alkyl halides is 3. The normalized spacial score (nSPS) is 11.1. The summed E-state index contributed by atoms with van der Waals surface area (Å²) in [4.78, 5) is 10.3. The highest BCUT2D eigenvalue weighted by Gasteiger charge is 2.34. The van der Waals surface area contributed by atoms with Crippen LogP contribution in [0.3, 0.4) is 0 Å². The van der Waals surface area contributed by atoms with Gasteiger partial charge in [-0.05, 0) is 35.9 Å². The summed E-state index contributed by atoms with van der Waals surface area (Å²) in [7, 11) is 0. The van der Waals surface area contributed by atoms with Crippen LogP contribution in [0.25, 0.3) is 0 Å². The van der Waals surface area contributed by atoms with Crippen molar-refractivity contribution < 1.29 is 27.1 Å². The van der Waals surface area contributed by atoms with Crippen LogP contribution in [0.4, 0.5) is 23.2 Å². The molecule has 0 saturated heterocycles. The van der Waals surface area contributed by atoms with Gasteiger partial charge >= 0.3 is 6.18 Å². The third-order valence-corrected chi connectivity index (χ3v) is 2.83. The number of amides is 1. The van der Waals surface area contributed by atoms with E-state index in [0.717, 1.165) is 12.1 Å². The van der Waals surface area contributed by atoms with E-state index in [9.17, 15) is 22.4 Å². The number of halogens is 4. The van der Waals surface area contributed by atoms with Gasteiger partial charge < -0.3 is 10.1 Å². The Morgan fingerprint density at radius 2 is 1.77 bits per heavy atom. The average molecular weight is 313 g/mol. The lowest BCUT2D eigenvalue weighted by atomic mass is 10.1. The van der Waals surface area contributed by atoms with Crippen molar-refractivity contribution in [1.82, 2.24) is 0 Å². The number of anilines is 1. The highest BCUT2D eigenvalue weighted by molar-refractivity contribution is 5.74. The van der Waals surface area contributed by atoms with Crippen LogP contribution in [0, 0.1) is 5.82 Å². The number of carbonyl (C=O) groups is 1. The van der Waals surface area contributed by atoms with Gasteiger partial charge in [0.25, 0.3) is 0 Å². The first-order valence-corrected chi connectivity index (χ1v) is 6.19. The molecule has 0 radical (unpaired) electrons. The van der Waals surface area contributed by atoms with Crippen LogP contribution in [0.2, 0.25) is 0 Å². The fourth-order valence-electron chi connectivity index (χ4n) is 1.78. The van der Waals surface area contributed by atoms with Crippen molar-refractivity contribution in [2.75, 3.05) is 5.32 Å². The maximum atomic E-state index is 12.9. The lowest BCUT2D eigenvalue weighted by molar-refractivity contribution is -0.137. The Balaban J connectivity index is 2.17. The zero-order chi connectivity index (χ0) is 16.2. The molecule has 1 N–H and O–H groups in total. The van der Waals surface area contributed by atoms with E-state index in [1.807, 2.05) is 5.32 Å². The van der Waals surface area contributed by atoms with Crippen LogP contribution in [0.15, 0.2) is 42.5 Å². The van der Waals surface area contributed by atoms with Crippen molar-refractivity contribution in [2.45, 2.75) is 12.8 Å². The van der Waals surface area contributed by atoms with Crippen LogP contribution in [0.5, 0.6) is 5.75 Å². The van der Waals surface area contributed by atoms with Gasteiger partial charge in [-0.3, -0.25) is 4.79 Å². The topological polar surface area (TPSA) is 38.3 Å². The fraction of sp³-hybridized carbons (Fsp3) is 0.133. The number of hydrogen-bond acceptors (Lipinski definition) is 2. The van der Waals surface area contributed by atoms with Crippen LogP contribution in [-0.4, -0.2) is 6.41 Å². The van der Waals surface area contributed by atoms with Gasteiger partial charge in [0.2, 0.25) is 6.41 Å². The first kappa shape index (κ1) is 15.8. The molecule has 116 valence electrons. The Bertz CT molecular complexity index is 654. The molecule has 0 aromatic heterocycles. The summed E-state index contributed by atoms with van der Waals surface area (Å²) in [6.45, 7) is -0.00195. The molecule has 22 heavy (non-hydrogen) atoms. The fourth-order valence-corrected chi connectivity index (χ4v) is 1.78. The van der Waals surface area contributed by atoms with E-state index < -0.39 is 17.6 Å². The summed E-state index contributed by atoms with van der Waals surface area (Å²) in [6.07, 6.45) is -4.45. The molecule has 0 aliphatic carbocycles. The SMILES string of the molecule is O=CNc1ccc(OCc2ccc(F)cc2)cc1C(F)(F)F. The van der Waals surface area contributed by atoms with Gasteiger partial charge in [0, 0.05) is 0 Å². The lowest BCUT2D eigenvalue weighted by Crippen LogP contribution is -2.10. The summed E-state index contributed by atoms with van der Waals surface area (Å²) < 4.78 is 56.7. The second kappa shape index (κ2) is 6.46. The molecule has 1 amide bonds. The third-order valence-electron chi connectivity index (χ3n) is 2.83. The van der Waals surface area contributed by atoms with Crippen molar-refractivity contribution in [2.24, 2.45) is 0 Å². The van der Waals surface area contributed by atoms with Crippen molar-refractivity contribution in [3.8, 4) is 5.75 Å². The van der Waals surface area contributed by atoms with Crippen molar-refractivity contribution >= 4 is 12.1 Å². The molecule has 7 heteroatoms. The zero-order valence-electron chi connectivity index (χ0n) is 11.2. The van der Waals surface area contributed by atoms with Crippen LogP contribution < -0.4 is 10.1 Å². The van der Waals surface area contributed by atoms with Gasteiger partial charge in [-0.25, -0.2) is 4.39 Å². The molecule has 0 bridgehead atoms. The third kappa shape index (κ3) is 3.97. The molecule has 0 spiro atoms. The quantitative estimate of drug-likeness (QED) is 0.669. The molecule has 2 rings (SSSR count). The van der Waals surface area contributed by atoms with Crippen LogP contribution >= 0.6 is 0 Å². The molecule has 2 aromatic rings. The van der Waals surface area contributed by atoms with Crippen LogP contribution in [0.1, 0.15) is 11.1 Å². The highest BCUT2D eigenvalue weighted by atomic mass is 19.4. The van der Waals surface area contributed by atoms with Gasteiger partial charge in [0.05, 0.1) is 11.3 Å². The molecule has 0 aliphatic rings. The molecular weight excluding hydrogens is 302 g/mol. The van der Waals surface area contributed by atoms with Gasteiger partial charge in [-0.1, -0.05) is 12.1 Å². The summed E-state index contributed by atoms with van der Waals surface area (Å²) in [5.74, 6) is -0.416. The Kier molecular flexibility index (Phi) is 4.65. The van der Waals surface area contributed by atoms with Crippen molar-refractivity contribution in [1.29, 1.82) is 0 Å². The van der Waals surface area contributed by atoms with E-state index in [4.69, 9.17) is 4.74 Å². The van der Waals surface area contributed by atoms with Gasteiger partial charge in [0.1, 0.15) is 18.2 Å². The minimum Gasteiger partial charge on any atom is -0.489 e. The average Bonchev–Trinajstić information content (AvgIpc) is 2.47. The molecular formula is C15H11F4NO2. The monoisotopic (exact) mass is 313 g/mol. The number of carbonyl (C=O) groups excluding carboxylic acids is 1. The molecule has 0 saturated carbocycles. The Morgan fingerprint density at radius 3 is 2.36 bits per heavy atom. The highest BCUT2D eigenvalue weighted by Crippen LogP contribution is 2.37. The second-order valence-electron chi connectivity index (χ2n) is 4.38. The Morgan fingerprint density at radius 1 is 1.09 bits per heavy atom. The molecule has 0 atom stereocenters. The van der Waals surface area contributed by atoms with E-state index in [1.54, 1.807) is 0 Å². The first-order valence-electron chi connectivity index (χ1n) is 6.19. The Labute approximate surface area is 123 Å². The standard InChI is InChI=1S/C15H11F4NO2/c16-11-3-1-10(2-4-11)8-22-12-5-6-14(20-9-21)13(7-12)15(17,18)19/h1-7,9H,8H2,(H,20,21). The van der Waals surface area contributed by atoms with E-state index in [0.29, 0.717) is 5.56 Å². The molecule has 2 aromatic carbocycles. The van der Waals surface area contributed by atoms with E-state index in [2.05, 4.69) is 0 Å². The van der Waals surface area contributed by atoms with E-state index in [-0.39, 0.29) is 24.5 Å². The van der Waals surface area contributed by atoms with Gasteiger partial charge in [-0.15, -0.1) is 0 Å². The molecule has 3 nitrogen and oxygen atoms in total.